The van der Waals surface area contributed by atoms with E-state index in [0.29, 0.717) is 27.5 Å². The van der Waals surface area contributed by atoms with Crippen LogP contribution in [-0.2, 0) is 19.4 Å². The first-order valence-electron chi connectivity index (χ1n) is 8.19. The molecule has 4 rings (SSSR count). The second kappa shape index (κ2) is 5.63. The van der Waals surface area contributed by atoms with Crippen LogP contribution in [0.1, 0.15) is 24.0 Å². The van der Waals surface area contributed by atoms with Crippen molar-refractivity contribution in [3.05, 3.63) is 22.6 Å². The number of carbonyl (C=O) groups excluding carboxylic acids is 1. The maximum absolute atomic E-state index is 12.3. The third kappa shape index (κ3) is 2.45. The van der Waals surface area contributed by atoms with E-state index in [1.54, 1.807) is 17.5 Å². The van der Waals surface area contributed by atoms with Crippen LogP contribution in [0.4, 0.5) is 0 Å². The van der Waals surface area contributed by atoms with Crippen molar-refractivity contribution in [2.45, 2.75) is 37.4 Å². The second-order valence-corrected chi connectivity index (χ2v) is 9.85. The lowest BCUT2D eigenvalue weighted by atomic mass is 9.83. The van der Waals surface area contributed by atoms with E-state index in [0.717, 1.165) is 17.6 Å². The van der Waals surface area contributed by atoms with Crippen LogP contribution >= 0.6 is 11.3 Å². The van der Waals surface area contributed by atoms with Crippen molar-refractivity contribution >= 4 is 43.5 Å². The molecule has 2 aliphatic heterocycles. The van der Waals surface area contributed by atoms with E-state index in [9.17, 15) is 28.2 Å². The Bertz CT molecular complexity index is 1140. The van der Waals surface area contributed by atoms with Crippen LogP contribution in [0.15, 0.2) is 16.9 Å². The molecular weight excluding hydrogens is 394 g/mol. The Hall–Kier alpha value is -2.24. The summed E-state index contributed by atoms with van der Waals surface area (Å²) in [5.74, 6) is -1.77. The minimum atomic E-state index is -3.54. The fourth-order valence-electron chi connectivity index (χ4n) is 3.86. The lowest BCUT2D eigenvalue weighted by molar-refractivity contribution is -0.161. The molecule has 1 amide bonds. The van der Waals surface area contributed by atoms with Gasteiger partial charge in [-0.15, -0.1) is 11.3 Å². The van der Waals surface area contributed by atoms with Crippen molar-refractivity contribution < 1.29 is 28.2 Å². The normalized spacial score (nSPS) is 23.7. The zero-order chi connectivity index (χ0) is 19.8. The molecule has 0 aliphatic carbocycles. The van der Waals surface area contributed by atoms with Crippen LogP contribution in [0.25, 0.3) is 10.4 Å². The Kier molecular flexibility index (Phi) is 3.78. The second-order valence-electron chi connectivity index (χ2n) is 6.89. The van der Waals surface area contributed by atoms with Gasteiger partial charge in [-0.1, -0.05) is 0 Å². The molecule has 27 heavy (non-hydrogen) atoms. The van der Waals surface area contributed by atoms with E-state index in [4.69, 9.17) is 0 Å². The average Bonchev–Trinajstić information content (AvgIpc) is 3.17. The molecule has 0 radical (unpaired) electrons. The van der Waals surface area contributed by atoms with Gasteiger partial charge in [-0.05, 0) is 20.3 Å². The Balaban J connectivity index is 1.86. The lowest BCUT2D eigenvalue weighted by Gasteiger charge is -2.44. The highest BCUT2D eigenvalue weighted by atomic mass is 32.2. The maximum atomic E-state index is 12.3. The molecule has 2 N–H and O–H groups in total. The van der Waals surface area contributed by atoms with Gasteiger partial charge in [0.05, 0.1) is 22.9 Å². The van der Waals surface area contributed by atoms with Gasteiger partial charge in [0.1, 0.15) is 16.4 Å². The Morgan fingerprint density at radius 1 is 1.44 bits per heavy atom. The summed E-state index contributed by atoms with van der Waals surface area (Å²) in [6.07, 6.45) is 2.16. The number of aromatic nitrogens is 2. The number of fused-ring (bicyclic) bond motifs is 2. The van der Waals surface area contributed by atoms with Crippen molar-refractivity contribution in [2.75, 3.05) is 6.26 Å². The zero-order valence-electron chi connectivity index (χ0n) is 14.7. The number of rotatable bonds is 4. The van der Waals surface area contributed by atoms with E-state index >= 15 is 0 Å². The number of carboxylic acids is 1. The summed E-state index contributed by atoms with van der Waals surface area (Å²) in [6.45, 7) is 3.18. The number of sulfone groups is 1. The number of nitrogens with zero attached hydrogens (tertiary/aromatic N) is 3. The Morgan fingerprint density at radius 2 is 2.11 bits per heavy atom. The van der Waals surface area contributed by atoms with E-state index in [1.807, 2.05) is 0 Å². The van der Waals surface area contributed by atoms with Gasteiger partial charge in [0.15, 0.2) is 14.9 Å². The van der Waals surface area contributed by atoms with Crippen molar-refractivity contribution in [1.29, 1.82) is 0 Å². The van der Waals surface area contributed by atoms with E-state index in [-0.39, 0.29) is 10.7 Å². The molecule has 0 aromatic carbocycles. The third-order valence-electron chi connectivity index (χ3n) is 5.05. The molecule has 1 saturated heterocycles. The number of hydrogen-bond donors (Lipinski definition) is 2. The van der Waals surface area contributed by atoms with Gasteiger partial charge >= 0.3 is 5.97 Å². The number of amides is 1. The number of carbonyl (C=O) groups is 2. The topological polar surface area (TPSA) is 129 Å². The highest BCUT2D eigenvalue weighted by molar-refractivity contribution is 7.91. The molecule has 0 saturated carbocycles. The summed E-state index contributed by atoms with van der Waals surface area (Å²) in [5.41, 5.74) is 0.370. The summed E-state index contributed by atoms with van der Waals surface area (Å²) in [7, 11) is -3.54. The summed E-state index contributed by atoms with van der Waals surface area (Å²) >= 11 is 1.13. The fraction of sp³-hybridized carbons (Fsp3) is 0.438. The molecule has 2 aliphatic rings. The van der Waals surface area contributed by atoms with E-state index < -0.39 is 39.8 Å². The molecular formula is C16H17N3O6S2. The van der Waals surface area contributed by atoms with Gasteiger partial charge in [0, 0.05) is 18.0 Å². The van der Waals surface area contributed by atoms with Crippen LogP contribution in [0.3, 0.4) is 0 Å². The van der Waals surface area contributed by atoms with Crippen molar-refractivity contribution in [3.8, 4) is 0 Å². The molecule has 0 unspecified atom stereocenters. The van der Waals surface area contributed by atoms with Gasteiger partial charge in [0.25, 0.3) is 0 Å². The molecule has 0 spiro atoms. The van der Waals surface area contributed by atoms with Crippen molar-refractivity contribution in [2.24, 2.45) is 5.92 Å². The van der Waals surface area contributed by atoms with Gasteiger partial charge < -0.3 is 15.1 Å². The first-order valence-corrected chi connectivity index (χ1v) is 10.9. The number of thiazole rings is 1. The number of aliphatic hydroxyl groups is 1. The number of aliphatic hydroxyl groups excluding tert-OH is 1. The van der Waals surface area contributed by atoms with Crippen LogP contribution < -0.4 is 0 Å². The SMILES string of the molecule is Cc1nc(S(C)(=O)=O)c2sc(C3=C(C(=O)O)N4C(=O)[C@H]([C@@H](C)O)[C@H]4C3)cn12. The molecule has 0 bridgehead atoms. The molecule has 4 heterocycles. The number of aliphatic carboxylic acids is 1. The van der Waals surface area contributed by atoms with Gasteiger partial charge in [-0.2, -0.15) is 0 Å². The Labute approximate surface area is 158 Å². The molecule has 3 atom stereocenters. The largest absolute Gasteiger partial charge is 0.477 e. The molecule has 9 nitrogen and oxygen atoms in total. The van der Waals surface area contributed by atoms with Gasteiger partial charge in [0.2, 0.25) is 5.91 Å². The highest BCUT2D eigenvalue weighted by Crippen LogP contribution is 2.48. The quantitative estimate of drug-likeness (QED) is 0.702. The predicted molar refractivity (Wildman–Crippen MR) is 95.9 cm³/mol. The third-order valence-corrected chi connectivity index (χ3v) is 7.32. The van der Waals surface area contributed by atoms with E-state index in [2.05, 4.69) is 4.98 Å². The maximum Gasteiger partial charge on any atom is 0.352 e. The van der Waals surface area contributed by atoms with Crippen molar-refractivity contribution in [3.63, 3.8) is 0 Å². The standard InChI is InChI=1S/C16H17N3O6S2/c1-6(20)11-9-4-8(12(16(22)23)19(9)14(11)21)10-5-18-7(2)17-13(15(18)26-10)27(3,24)25/h5-6,9,11,20H,4H2,1-3H3,(H,22,23)/t6-,9-,11-/m1/s1. The number of imidazole rings is 1. The van der Waals surface area contributed by atoms with Gasteiger partial charge in [-0.3, -0.25) is 9.20 Å². The van der Waals surface area contributed by atoms with Crippen LogP contribution in [-0.4, -0.2) is 63.2 Å². The van der Waals surface area contributed by atoms with E-state index in [1.165, 1.54) is 11.8 Å². The molecule has 144 valence electrons. The number of carboxylic acid groups (broad SMARTS) is 1. The van der Waals surface area contributed by atoms with Crippen LogP contribution in [0.5, 0.6) is 0 Å². The number of hydrogen-bond acceptors (Lipinski definition) is 7. The lowest BCUT2D eigenvalue weighted by Crippen LogP contribution is -2.61. The van der Waals surface area contributed by atoms with Crippen molar-refractivity contribution in [1.82, 2.24) is 14.3 Å². The Morgan fingerprint density at radius 3 is 2.67 bits per heavy atom. The highest BCUT2D eigenvalue weighted by Gasteiger charge is 2.57. The minimum Gasteiger partial charge on any atom is -0.477 e. The molecule has 2 aromatic rings. The number of β-lactam (4-membered cyclic amide) rings is 1. The molecule has 1 fully saturated rings. The monoisotopic (exact) mass is 411 g/mol. The summed E-state index contributed by atoms with van der Waals surface area (Å²) in [5, 5.41) is 19.4. The first-order chi connectivity index (χ1) is 12.5. The molecule has 2 aromatic heterocycles. The molecule has 11 heteroatoms. The fourth-order valence-corrected chi connectivity index (χ4v) is 6.24. The smallest absolute Gasteiger partial charge is 0.352 e. The zero-order valence-corrected chi connectivity index (χ0v) is 16.3. The van der Waals surface area contributed by atoms with Crippen LogP contribution in [0, 0.1) is 12.8 Å². The number of aryl methyl sites for hydroxylation is 1. The summed E-state index contributed by atoms with van der Waals surface area (Å²) < 4.78 is 25.6. The van der Waals surface area contributed by atoms with Gasteiger partial charge in [-0.25, -0.2) is 18.2 Å². The minimum absolute atomic E-state index is 0.0482. The average molecular weight is 411 g/mol. The van der Waals surface area contributed by atoms with Crippen LogP contribution in [0.2, 0.25) is 0 Å². The summed E-state index contributed by atoms with van der Waals surface area (Å²) in [6, 6.07) is -0.395. The predicted octanol–water partition coefficient (Wildman–Crippen LogP) is 0.515. The summed E-state index contributed by atoms with van der Waals surface area (Å²) in [4.78, 5) is 30.4. The first kappa shape index (κ1) is 18.1.